The Morgan fingerprint density at radius 3 is 2.89 bits per heavy atom. The summed E-state index contributed by atoms with van der Waals surface area (Å²) in [5.41, 5.74) is 2.88. The number of nitrogen functional groups attached to an aromatic ring is 1. The van der Waals surface area contributed by atoms with Crippen LogP contribution in [0.1, 0.15) is 24.2 Å². The van der Waals surface area contributed by atoms with Crippen molar-refractivity contribution >= 4 is 27.7 Å². The number of pyridine rings is 1. The monoisotopic (exact) mass is 330 g/mol. The third-order valence-electron chi connectivity index (χ3n) is 2.60. The van der Waals surface area contributed by atoms with Crippen molar-refractivity contribution in [2.75, 3.05) is 31.7 Å². The van der Waals surface area contributed by atoms with E-state index in [1.807, 2.05) is 13.8 Å². The molecule has 1 aromatic rings. The molecule has 0 aliphatic heterocycles. The molecule has 0 aliphatic rings. The summed E-state index contributed by atoms with van der Waals surface area (Å²) < 4.78 is 6.01. The Morgan fingerprint density at radius 1 is 1.58 bits per heavy atom. The van der Waals surface area contributed by atoms with Gasteiger partial charge in [0.05, 0.1) is 12.2 Å². The number of likely N-dealkylation sites (N-methyl/N-ethyl adjacent to an activating group) is 1. The molecule has 0 atom stereocenters. The van der Waals surface area contributed by atoms with Gasteiger partial charge >= 0.3 is 0 Å². The molecule has 1 heterocycles. The van der Waals surface area contributed by atoms with Gasteiger partial charge in [0.1, 0.15) is 0 Å². The van der Waals surface area contributed by atoms with Gasteiger partial charge in [-0.15, -0.1) is 0 Å². The third-order valence-corrected chi connectivity index (χ3v) is 3.03. The molecule has 3 N–H and O–H groups in total. The summed E-state index contributed by atoms with van der Waals surface area (Å²) in [6, 6.07) is 1.70. The molecule has 106 valence electrons. The number of aromatic nitrogens is 1. The predicted molar refractivity (Wildman–Crippen MR) is 77.8 cm³/mol. The average Bonchev–Trinajstić information content (AvgIpc) is 2.43. The van der Waals surface area contributed by atoms with Crippen LogP contribution in [0.25, 0.3) is 0 Å². The van der Waals surface area contributed by atoms with Crippen LogP contribution in [-0.2, 0) is 4.74 Å². The van der Waals surface area contributed by atoms with Crippen LogP contribution < -0.4 is 11.3 Å². The van der Waals surface area contributed by atoms with Gasteiger partial charge in [0, 0.05) is 30.4 Å². The number of rotatable bonds is 7. The number of hydrogen-bond acceptors (Lipinski definition) is 5. The summed E-state index contributed by atoms with van der Waals surface area (Å²) >= 11 is 3.30. The van der Waals surface area contributed by atoms with E-state index in [4.69, 9.17) is 10.6 Å². The van der Waals surface area contributed by atoms with Crippen LogP contribution in [0.2, 0.25) is 0 Å². The first-order chi connectivity index (χ1) is 9.13. The standard InChI is InChI=1S/C12H19BrN4O2/c1-3-17(5-6-19-4-2)12(18)10-7-9(13)8-15-11(10)16-14/h7-8H,3-6,14H2,1-2H3,(H,15,16). The van der Waals surface area contributed by atoms with Gasteiger partial charge in [0.15, 0.2) is 5.82 Å². The quantitative estimate of drug-likeness (QED) is 0.451. The molecule has 0 fully saturated rings. The number of ether oxygens (including phenoxy) is 1. The SMILES string of the molecule is CCOCCN(CC)C(=O)c1cc(Br)cnc1NN. The van der Waals surface area contributed by atoms with Gasteiger partial charge in [-0.25, -0.2) is 10.8 Å². The summed E-state index contributed by atoms with van der Waals surface area (Å²) in [7, 11) is 0. The molecule has 0 saturated carbocycles. The van der Waals surface area contributed by atoms with Crippen LogP contribution in [0, 0.1) is 0 Å². The smallest absolute Gasteiger partial charge is 0.257 e. The highest BCUT2D eigenvalue weighted by atomic mass is 79.9. The molecule has 6 nitrogen and oxygen atoms in total. The minimum atomic E-state index is -0.121. The number of hydrazine groups is 1. The van der Waals surface area contributed by atoms with Gasteiger partial charge in [-0.2, -0.15) is 0 Å². The second kappa shape index (κ2) is 8.08. The summed E-state index contributed by atoms with van der Waals surface area (Å²) in [5.74, 6) is 5.62. The van der Waals surface area contributed by atoms with Crippen molar-refractivity contribution in [1.29, 1.82) is 0 Å². The number of hydrogen-bond donors (Lipinski definition) is 2. The van der Waals surface area contributed by atoms with Crippen molar-refractivity contribution in [2.24, 2.45) is 5.84 Å². The molecule has 0 aromatic carbocycles. The fourth-order valence-electron chi connectivity index (χ4n) is 1.61. The van der Waals surface area contributed by atoms with Crippen molar-refractivity contribution in [3.8, 4) is 0 Å². The Kier molecular flexibility index (Phi) is 6.75. The topological polar surface area (TPSA) is 80.5 Å². The van der Waals surface area contributed by atoms with E-state index in [-0.39, 0.29) is 5.91 Å². The lowest BCUT2D eigenvalue weighted by atomic mass is 10.2. The molecule has 0 unspecified atom stereocenters. The molecule has 0 bridgehead atoms. The first-order valence-corrected chi connectivity index (χ1v) is 6.92. The van der Waals surface area contributed by atoms with Crippen molar-refractivity contribution in [1.82, 2.24) is 9.88 Å². The number of nitrogens with zero attached hydrogens (tertiary/aromatic N) is 2. The van der Waals surface area contributed by atoms with Gasteiger partial charge in [-0.3, -0.25) is 4.79 Å². The highest BCUT2D eigenvalue weighted by molar-refractivity contribution is 9.10. The molecular weight excluding hydrogens is 312 g/mol. The highest BCUT2D eigenvalue weighted by Gasteiger charge is 2.18. The number of nitrogens with one attached hydrogen (secondary N) is 1. The normalized spacial score (nSPS) is 10.3. The first kappa shape index (κ1) is 15.9. The van der Waals surface area contributed by atoms with E-state index in [9.17, 15) is 4.79 Å². The Labute approximate surface area is 121 Å². The maximum atomic E-state index is 12.4. The minimum absolute atomic E-state index is 0.121. The van der Waals surface area contributed by atoms with E-state index in [1.165, 1.54) is 0 Å². The van der Waals surface area contributed by atoms with Crippen molar-refractivity contribution in [2.45, 2.75) is 13.8 Å². The average molecular weight is 331 g/mol. The molecule has 0 saturated heterocycles. The lowest BCUT2D eigenvalue weighted by molar-refractivity contribution is 0.0669. The van der Waals surface area contributed by atoms with Gasteiger partial charge in [0.25, 0.3) is 5.91 Å². The van der Waals surface area contributed by atoms with Gasteiger partial charge in [-0.05, 0) is 35.8 Å². The Morgan fingerprint density at radius 2 is 2.32 bits per heavy atom. The van der Waals surface area contributed by atoms with Crippen LogP contribution >= 0.6 is 15.9 Å². The largest absolute Gasteiger partial charge is 0.380 e. The summed E-state index contributed by atoms with van der Waals surface area (Å²) in [4.78, 5) is 18.2. The van der Waals surface area contributed by atoms with E-state index in [1.54, 1.807) is 17.2 Å². The van der Waals surface area contributed by atoms with Crippen LogP contribution in [0.4, 0.5) is 5.82 Å². The van der Waals surface area contributed by atoms with Crippen LogP contribution in [0.15, 0.2) is 16.7 Å². The van der Waals surface area contributed by atoms with Gasteiger partial charge in [-0.1, -0.05) is 0 Å². The van der Waals surface area contributed by atoms with E-state index in [0.29, 0.717) is 37.7 Å². The fraction of sp³-hybridized carbons (Fsp3) is 0.500. The Hall–Kier alpha value is -1.18. The second-order valence-electron chi connectivity index (χ2n) is 3.78. The van der Waals surface area contributed by atoms with Crippen LogP contribution in [0.5, 0.6) is 0 Å². The fourth-order valence-corrected chi connectivity index (χ4v) is 1.94. The predicted octanol–water partition coefficient (Wildman–Crippen LogP) is 1.63. The summed E-state index contributed by atoms with van der Waals surface area (Å²) in [6.45, 7) is 6.14. The molecule has 0 radical (unpaired) electrons. The molecule has 1 rings (SSSR count). The Bertz CT molecular complexity index is 428. The maximum Gasteiger partial charge on any atom is 0.257 e. The zero-order chi connectivity index (χ0) is 14.3. The van der Waals surface area contributed by atoms with E-state index >= 15 is 0 Å². The highest BCUT2D eigenvalue weighted by Crippen LogP contribution is 2.19. The number of carbonyl (C=O) groups is 1. The summed E-state index contributed by atoms with van der Waals surface area (Å²) in [6.07, 6.45) is 1.59. The number of halogens is 1. The first-order valence-electron chi connectivity index (χ1n) is 6.13. The van der Waals surface area contributed by atoms with E-state index < -0.39 is 0 Å². The lowest BCUT2D eigenvalue weighted by Gasteiger charge is -2.21. The second-order valence-corrected chi connectivity index (χ2v) is 4.69. The maximum absolute atomic E-state index is 12.4. The molecule has 0 spiro atoms. The minimum Gasteiger partial charge on any atom is -0.380 e. The molecular formula is C12H19BrN4O2. The van der Waals surface area contributed by atoms with Gasteiger partial charge < -0.3 is 15.1 Å². The lowest BCUT2D eigenvalue weighted by Crippen LogP contribution is -2.34. The number of anilines is 1. The van der Waals surface area contributed by atoms with E-state index in [0.717, 1.165) is 4.47 Å². The number of amides is 1. The van der Waals surface area contributed by atoms with Crippen molar-refractivity contribution in [3.63, 3.8) is 0 Å². The van der Waals surface area contributed by atoms with E-state index in [2.05, 4.69) is 26.3 Å². The van der Waals surface area contributed by atoms with Crippen LogP contribution in [0.3, 0.4) is 0 Å². The van der Waals surface area contributed by atoms with Crippen molar-refractivity contribution < 1.29 is 9.53 Å². The zero-order valence-electron chi connectivity index (χ0n) is 11.1. The van der Waals surface area contributed by atoms with Gasteiger partial charge in [0.2, 0.25) is 0 Å². The number of nitrogens with two attached hydrogens (primary N) is 1. The molecule has 7 heteroatoms. The Balaban J connectivity index is 2.87. The van der Waals surface area contributed by atoms with Crippen LogP contribution in [-0.4, -0.2) is 42.1 Å². The molecule has 1 aromatic heterocycles. The number of carbonyl (C=O) groups excluding carboxylic acids is 1. The molecule has 0 aliphatic carbocycles. The van der Waals surface area contributed by atoms with Crippen molar-refractivity contribution in [3.05, 3.63) is 22.3 Å². The summed E-state index contributed by atoms with van der Waals surface area (Å²) in [5, 5.41) is 0. The molecule has 1 amide bonds. The molecule has 19 heavy (non-hydrogen) atoms. The third kappa shape index (κ3) is 4.45. The zero-order valence-corrected chi connectivity index (χ0v) is 12.7.